The third-order valence-corrected chi connectivity index (χ3v) is 4.42. The number of hydrogen-bond donors (Lipinski definition) is 2. The van der Waals surface area contributed by atoms with E-state index in [1.165, 1.54) is 6.07 Å². The molecule has 1 saturated heterocycles. The SMILES string of the molecule is O=C(NCC1(O)CCC1)c1ccc(N2CCOCC2)c(F)c1. The van der Waals surface area contributed by atoms with Gasteiger partial charge in [0, 0.05) is 25.2 Å². The number of anilines is 1. The van der Waals surface area contributed by atoms with Gasteiger partial charge in [-0.25, -0.2) is 4.39 Å². The highest BCUT2D eigenvalue weighted by molar-refractivity contribution is 5.94. The fourth-order valence-corrected chi connectivity index (χ4v) is 2.82. The zero-order valence-electron chi connectivity index (χ0n) is 12.5. The largest absolute Gasteiger partial charge is 0.388 e. The highest BCUT2D eigenvalue weighted by Crippen LogP contribution is 2.30. The van der Waals surface area contributed by atoms with Crippen LogP contribution < -0.4 is 10.2 Å². The van der Waals surface area contributed by atoms with Crippen LogP contribution in [-0.2, 0) is 4.74 Å². The molecule has 0 radical (unpaired) electrons. The Bertz CT molecular complexity index is 554. The number of aliphatic hydroxyl groups is 1. The molecule has 0 spiro atoms. The summed E-state index contributed by atoms with van der Waals surface area (Å²) in [5.41, 5.74) is -0.00279. The van der Waals surface area contributed by atoms with Gasteiger partial charge >= 0.3 is 0 Å². The lowest BCUT2D eigenvalue weighted by atomic mass is 9.80. The standard InChI is InChI=1S/C16H21FN2O3/c17-13-10-12(15(20)18-11-16(21)4-1-5-16)2-3-14(13)19-6-8-22-9-7-19/h2-3,10,21H,1,4-9,11H2,(H,18,20). The second kappa shape index (κ2) is 6.22. The smallest absolute Gasteiger partial charge is 0.251 e. The molecule has 1 aliphatic heterocycles. The van der Waals surface area contributed by atoms with Crippen molar-refractivity contribution in [2.24, 2.45) is 0 Å². The van der Waals surface area contributed by atoms with Gasteiger partial charge in [-0.2, -0.15) is 0 Å². The molecule has 1 heterocycles. The molecule has 0 bridgehead atoms. The fourth-order valence-electron chi connectivity index (χ4n) is 2.82. The van der Waals surface area contributed by atoms with Gasteiger partial charge in [0.2, 0.25) is 0 Å². The van der Waals surface area contributed by atoms with E-state index in [1.54, 1.807) is 12.1 Å². The van der Waals surface area contributed by atoms with Crippen LogP contribution >= 0.6 is 0 Å². The molecule has 5 nitrogen and oxygen atoms in total. The zero-order chi connectivity index (χ0) is 15.6. The summed E-state index contributed by atoms with van der Waals surface area (Å²) in [4.78, 5) is 14.0. The van der Waals surface area contributed by atoms with E-state index in [4.69, 9.17) is 4.74 Å². The summed E-state index contributed by atoms with van der Waals surface area (Å²) in [7, 11) is 0. The van der Waals surface area contributed by atoms with Crippen molar-refractivity contribution in [3.05, 3.63) is 29.6 Å². The molecule has 1 aromatic carbocycles. The van der Waals surface area contributed by atoms with Gasteiger partial charge in [0.15, 0.2) is 0 Å². The Morgan fingerprint density at radius 3 is 2.68 bits per heavy atom. The van der Waals surface area contributed by atoms with E-state index in [2.05, 4.69) is 5.32 Å². The molecule has 120 valence electrons. The predicted octanol–water partition coefficient (Wildman–Crippen LogP) is 1.31. The average Bonchev–Trinajstić information content (AvgIpc) is 2.51. The average molecular weight is 308 g/mol. The lowest BCUT2D eigenvalue weighted by Gasteiger charge is -2.36. The van der Waals surface area contributed by atoms with Crippen LogP contribution in [-0.4, -0.2) is 49.5 Å². The van der Waals surface area contributed by atoms with Crippen molar-refractivity contribution in [3.63, 3.8) is 0 Å². The molecule has 3 rings (SSSR count). The molecule has 0 atom stereocenters. The summed E-state index contributed by atoms with van der Waals surface area (Å²) in [5.74, 6) is -0.760. The highest BCUT2D eigenvalue weighted by atomic mass is 19.1. The quantitative estimate of drug-likeness (QED) is 0.880. The number of rotatable bonds is 4. The molecule has 22 heavy (non-hydrogen) atoms. The molecule has 0 unspecified atom stereocenters. The van der Waals surface area contributed by atoms with Crippen LogP contribution in [0.2, 0.25) is 0 Å². The minimum absolute atomic E-state index is 0.221. The minimum Gasteiger partial charge on any atom is -0.388 e. The van der Waals surface area contributed by atoms with Crippen LogP contribution in [0.5, 0.6) is 0 Å². The first-order valence-corrected chi connectivity index (χ1v) is 7.70. The third kappa shape index (κ3) is 3.23. The van der Waals surface area contributed by atoms with Crippen molar-refractivity contribution in [1.29, 1.82) is 0 Å². The predicted molar refractivity (Wildman–Crippen MR) is 80.6 cm³/mol. The molecule has 2 fully saturated rings. The van der Waals surface area contributed by atoms with Crippen LogP contribution in [0.4, 0.5) is 10.1 Å². The lowest BCUT2D eigenvalue weighted by Crippen LogP contribution is -2.47. The molecular weight excluding hydrogens is 287 g/mol. The summed E-state index contributed by atoms with van der Waals surface area (Å²) in [5, 5.41) is 12.6. The molecule has 1 aromatic rings. The Balaban J connectivity index is 1.64. The van der Waals surface area contributed by atoms with Gasteiger partial charge < -0.3 is 20.1 Å². The summed E-state index contributed by atoms with van der Waals surface area (Å²) in [6, 6.07) is 4.51. The third-order valence-electron chi connectivity index (χ3n) is 4.42. The Labute approximate surface area is 129 Å². The number of nitrogens with zero attached hydrogens (tertiary/aromatic N) is 1. The second-order valence-corrected chi connectivity index (χ2v) is 6.03. The first-order valence-electron chi connectivity index (χ1n) is 7.70. The van der Waals surface area contributed by atoms with Gasteiger partial charge in [-0.05, 0) is 37.5 Å². The maximum atomic E-state index is 14.2. The number of ether oxygens (including phenoxy) is 1. The lowest BCUT2D eigenvalue weighted by molar-refractivity contribution is -0.0300. The van der Waals surface area contributed by atoms with Crippen molar-refractivity contribution in [2.75, 3.05) is 37.7 Å². The number of halogens is 1. The van der Waals surface area contributed by atoms with Crippen molar-refractivity contribution in [3.8, 4) is 0 Å². The number of benzene rings is 1. The van der Waals surface area contributed by atoms with Crippen molar-refractivity contribution >= 4 is 11.6 Å². The summed E-state index contributed by atoms with van der Waals surface area (Å²) in [6.07, 6.45) is 2.39. The van der Waals surface area contributed by atoms with Gasteiger partial charge in [0.05, 0.1) is 24.5 Å². The molecule has 2 N–H and O–H groups in total. The van der Waals surface area contributed by atoms with E-state index >= 15 is 0 Å². The maximum Gasteiger partial charge on any atom is 0.251 e. The summed E-state index contributed by atoms with van der Waals surface area (Å²) < 4.78 is 19.5. The topological polar surface area (TPSA) is 61.8 Å². The van der Waals surface area contributed by atoms with Gasteiger partial charge in [-0.1, -0.05) is 0 Å². The maximum absolute atomic E-state index is 14.2. The van der Waals surface area contributed by atoms with E-state index in [-0.39, 0.29) is 18.0 Å². The molecule has 1 amide bonds. The molecule has 6 heteroatoms. The second-order valence-electron chi connectivity index (χ2n) is 6.03. The monoisotopic (exact) mass is 308 g/mol. The zero-order valence-corrected chi connectivity index (χ0v) is 12.5. The van der Waals surface area contributed by atoms with Crippen LogP contribution in [0.15, 0.2) is 18.2 Å². The van der Waals surface area contributed by atoms with E-state index in [9.17, 15) is 14.3 Å². The summed E-state index contributed by atoms with van der Waals surface area (Å²) in [6.45, 7) is 2.68. The van der Waals surface area contributed by atoms with E-state index in [1.807, 2.05) is 4.90 Å². The van der Waals surface area contributed by atoms with Gasteiger partial charge in [-0.3, -0.25) is 4.79 Å². The summed E-state index contributed by atoms with van der Waals surface area (Å²) >= 11 is 0. The van der Waals surface area contributed by atoms with Crippen molar-refractivity contribution in [2.45, 2.75) is 24.9 Å². The number of carbonyl (C=O) groups is 1. The number of nitrogens with one attached hydrogen (secondary N) is 1. The van der Waals surface area contributed by atoms with Crippen molar-refractivity contribution < 1.29 is 19.0 Å². The van der Waals surface area contributed by atoms with Crippen molar-refractivity contribution in [1.82, 2.24) is 5.32 Å². The Morgan fingerprint density at radius 1 is 1.36 bits per heavy atom. The molecule has 1 aliphatic carbocycles. The first-order chi connectivity index (χ1) is 10.6. The van der Waals surface area contributed by atoms with Gasteiger partial charge in [0.25, 0.3) is 5.91 Å². The minimum atomic E-state index is -0.776. The highest BCUT2D eigenvalue weighted by Gasteiger charge is 2.34. The van der Waals surface area contributed by atoms with E-state index in [0.717, 1.165) is 6.42 Å². The van der Waals surface area contributed by atoms with Gasteiger partial charge in [0.1, 0.15) is 5.82 Å². The normalized spacial score (nSPS) is 20.4. The molecular formula is C16H21FN2O3. The Kier molecular flexibility index (Phi) is 4.31. The van der Waals surface area contributed by atoms with Crippen LogP contribution in [0.3, 0.4) is 0 Å². The number of morpholine rings is 1. The Hall–Kier alpha value is -1.66. The van der Waals surface area contributed by atoms with Crippen LogP contribution in [0, 0.1) is 5.82 Å². The van der Waals surface area contributed by atoms with Crippen LogP contribution in [0.1, 0.15) is 29.6 Å². The van der Waals surface area contributed by atoms with Crippen LogP contribution in [0.25, 0.3) is 0 Å². The van der Waals surface area contributed by atoms with E-state index < -0.39 is 11.4 Å². The van der Waals surface area contributed by atoms with Gasteiger partial charge in [-0.15, -0.1) is 0 Å². The number of amides is 1. The molecule has 2 aliphatic rings. The fraction of sp³-hybridized carbons (Fsp3) is 0.562. The molecule has 1 saturated carbocycles. The number of hydrogen-bond acceptors (Lipinski definition) is 4. The van der Waals surface area contributed by atoms with E-state index in [0.29, 0.717) is 44.8 Å². The Morgan fingerprint density at radius 2 is 2.09 bits per heavy atom. The first kappa shape index (κ1) is 15.2. The number of carbonyl (C=O) groups excluding carboxylic acids is 1. The molecule has 0 aromatic heterocycles.